The molecule has 8 heteroatoms. The summed E-state index contributed by atoms with van der Waals surface area (Å²) in [5.74, 6) is 0. The van der Waals surface area contributed by atoms with E-state index >= 15 is 0 Å². The molecule has 0 amide bonds. The number of rotatable bonds is 11. The molecule has 0 bridgehead atoms. The lowest BCUT2D eigenvalue weighted by atomic mass is 9.97. The predicted molar refractivity (Wildman–Crippen MR) is 365 cm³/mol. The molecular formula is C82H50N8. The fourth-order valence-electron chi connectivity index (χ4n) is 12.7. The second-order valence-electron chi connectivity index (χ2n) is 22.4. The van der Waals surface area contributed by atoms with Gasteiger partial charge in [0.05, 0.1) is 96.2 Å². The first-order valence-electron chi connectivity index (χ1n) is 29.9. The third-order valence-electron chi connectivity index (χ3n) is 17.0. The fourth-order valence-corrected chi connectivity index (χ4v) is 12.7. The molecule has 16 rings (SSSR count). The molecule has 0 saturated carbocycles. The van der Waals surface area contributed by atoms with Crippen molar-refractivity contribution in [1.29, 1.82) is 10.5 Å². The van der Waals surface area contributed by atoms with Crippen LogP contribution in [0.5, 0.6) is 0 Å². The minimum atomic E-state index is 0.435. The molecule has 0 saturated heterocycles. The Morgan fingerprint density at radius 1 is 0.233 bits per heavy atom. The van der Waals surface area contributed by atoms with Crippen LogP contribution in [-0.4, -0.2) is 29.1 Å². The van der Waals surface area contributed by atoms with Gasteiger partial charge in [0.1, 0.15) is 6.07 Å². The fraction of sp³-hybridized carbons (Fsp3) is 0. The molecule has 0 N–H and O–H groups in total. The molecule has 418 valence electrons. The SMILES string of the molecule is N#Cc1cccc(-c2cc(-n3c4cc(-c5cccc(-c6ccccc6)n5)ccc4c4ccc(-c5cccc(-c6ccccc6)n5)cc43)c(C#N)cc2-n2c3cc(-c4cccc(-c5ccccc5)n4)ccc3c3ccc(-c4cccc(-c5ccccc5)n4)cc32)c1. The number of fused-ring (bicyclic) bond motifs is 6. The number of hydrogen-bond acceptors (Lipinski definition) is 6. The number of nitrogens with zero attached hydrogens (tertiary/aromatic N) is 8. The maximum Gasteiger partial charge on any atom is 0.101 e. The number of hydrogen-bond donors (Lipinski definition) is 0. The van der Waals surface area contributed by atoms with Crippen LogP contribution in [0.3, 0.4) is 0 Å². The molecule has 0 spiro atoms. The van der Waals surface area contributed by atoms with Crippen molar-refractivity contribution >= 4 is 43.6 Å². The summed E-state index contributed by atoms with van der Waals surface area (Å²) in [6.45, 7) is 0. The molecule has 8 nitrogen and oxygen atoms in total. The second-order valence-corrected chi connectivity index (χ2v) is 22.4. The van der Waals surface area contributed by atoms with E-state index in [4.69, 9.17) is 19.9 Å². The minimum absolute atomic E-state index is 0.435. The monoisotopic (exact) mass is 1150 g/mol. The van der Waals surface area contributed by atoms with Crippen molar-refractivity contribution in [3.8, 4) is 125 Å². The van der Waals surface area contributed by atoms with Crippen molar-refractivity contribution in [3.05, 3.63) is 314 Å². The molecule has 0 fully saturated rings. The number of aromatic nitrogens is 6. The van der Waals surface area contributed by atoms with Crippen LogP contribution in [0.4, 0.5) is 0 Å². The van der Waals surface area contributed by atoms with Crippen molar-refractivity contribution in [2.45, 2.75) is 0 Å². The lowest BCUT2D eigenvalue weighted by molar-refractivity contribution is 1.13. The van der Waals surface area contributed by atoms with Gasteiger partial charge in [-0.2, -0.15) is 10.5 Å². The van der Waals surface area contributed by atoms with E-state index in [1.807, 2.05) is 121 Å². The van der Waals surface area contributed by atoms with Gasteiger partial charge in [-0.25, -0.2) is 19.9 Å². The number of pyridine rings is 4. The Labute approximate surface area is 519 Å². The van der Waals surface area contributed by atoms with E-state index in [1.54, 1.807) is 0 Å². The summed E-state index contributed by atoms with van der Waals surface area (Å²) in [4.78, 5) is 21.0. The Morgan fingerprint density at radius 2 is 0.533 bits per heavy atom. The minimum Gasteiger partial charge on any atom is -0.309 e. The van der Waals surface area contributed by atoms with Crippen molar-refractivity contribution in [3.63, 3.8) is 0 Å². The molecule has 6 heterocycles. The largest absolute Gasteiger partial charge is 0.309 e. The predicted octanol–water partition coefficient (Wildman–Crippen LogP) is 20.2. The van der Waals surface area contributed by atoms with Crippen molar-refractivity contribution in [2.75, 3.05) is 0 Å². The van der Waals surface area contributed by atoms with Gasteiger partial charge < -0.3 is 9.13 Å². The molecule has 0 unspecified atom stereocenters. The van der Waals surface area contributed by atoms with Crippen LogP contribution in [0, 0.1) is 22.7 Å². The quantitative estimate of drug-likeness (QED) is 0.128. The summed E-state index contributed by atoms with van der Waals surface area (Å²) in [5, 5.41) is 26.6. The van der Waals surface area contributed by atoms with Crippen LogP contribution >= 0.6 is 0 Å². The highest BCUT2D eigenvalue weighted by molar-refractivity contribution is 6.13. The lowest BCUT2D eigenvalue weighted by Gasteiger charge is -2.19. The maximum atomic E-state index is 12.0. The van der Waals surface area contributed by atoms with Crippen molar-refractivity contribution in [1.82, 2.24) is 29.1 Å². The Morgan fingerprint density at radius 3 is 0.856 bits per heavy atom. The van der Waals surface area contributed by atoms with Crippen LogP contribution in [0.2, 0.25) is 0 Å². The smallest absolute Gasteiger partial charge is 0.101 e. The first-order valence-corrected chi connectivity index (χ1v) is 29.9. The van der Waals surface area contributed by atoms with Crippen LogP contribution in [0.25, 0.3) is 156 Å². The normalized spacial score (nSPS) is 11.3. The molecule has 10 aromatic carbocycles. The Balaban J connectivity index is 0.971. The summed E-state index contributed by atoms with van der Waals surface area (Å²) < 4.78 is 4.52. The van der Waals surface area contributed by atoms with Crippen molar-refractivity contribution < 1.29 is 0 Å². The molecule has 0 aliphatic heterocycles. The molecule has 90 heavy (non-hydrogen) atoms. The molecule has 0 aliphatic carbocycles. The van der Waals surface area contributed by atoms with Crippen LogP contribution in [0.1, 0.15) is 11.1 Å². The van der Waals surface area contributed by atoms with E-state index in [1.165, 1.54) is 0 Å². The molecule has 0 radical (unpaired) electrons. The van der Waals surface area contributed by atoms with E-state index in [-0.39, 0.29) is 0 Å². The van der Waals surface area contributed by atoms with E-state index in [2.05, 4.69) is 203 Å². The molecule has 0 atom stereocenters. The summed E-state index contributed by atoms with van der Waals surface area (Å²) >= 11 is 0. The lowest BCUT2D eigenvalue weighted by Crippen LogP contribution is -2.04. The highest BCUT2D eigenvalue weighted by Crippen LogP contribution is 2.44. The Bertz CT molecular complexity index is 5280. The van der Waals surface area contributed by atoms with Crippen LogP contribution in [-0.2, 0) is 0 Å². The van der Waals surface area contributed by atoms with Gasteiger partial charge in [0.15, 0.2) is 0 Å². The zero-order valence-electron chi connectivity index (χ0n) is 48.4. The van der Waals surface area contributed by atoms with E-state index < -0.39 is 0 Å². The third kappa shape index (κ3) is 9.51. The average Bonchev–Trinajstić information content (AvgIpc) is 1.57. The highest BCUT2D eigenvalue weighted by Gasteiger charge is 2.25. The maximum absolute atomic E-state index is 12.0. The zero-order chi connectivity index (χ0) is 60.1. The average molecular weight is 1150 g/mol. The standard InChI is InChI=1S/C82H50N8/c83-51-53-18-13-27-58(44-53)68-50-77(89-78-45-59(73-32-14-28-69(85-73)54-19-5-1-6-20-54)36-40-64(78)65-41-37-60(46-79(65)89)74-33-15-29-70(86-74)55-21-7-2-8-22-55)63(52-84)49-82(68)90-80-47-61(75-34-16-30-71(87-75)56-23-9-3-10-24-56)38-42-66(80)67-43-39-62(48-81(67)90)76-35-17-31-72(88-76)57-25-11-4-12-26-57/h1-50H. The first-order chi connectivity index (χ1) is 44.5. The zero-order valence-corrected chi connectivity index (χ0v) is 48.4. The second kappa shape index (κ2) is 22.3. The molecule has 16 aromatic rings. The van der Waals surface area contributed by atoms with Gasteiger partial charge >= 0.3 is 0 Å². The van der Waals surface area contributed by atoms with E-state index in [9.17, 15) is 10.5 Å². The third-order valence-corrected chi connectivity index (χ3v) is 17.0. The van der Waals surface area contributed by atoms with Gasteiger partial charge in [0.25, 0.3) is 0 Å². The Hall–Kier alpha value is -12.6. The van der Waals surface area contributed by atoms with E-state index in [0.717, 1.165) is 150 Å². The molecule has 6 aromatic heterocycles. The summed E-state index contributed by atoms with van der Waals surface area (Å²) in [5.41, 5.74) is 22.1. The highest BCUT2D eigenvalue weighted by atomic mass is 15.0. The van der Waals surface area contributed by atoms with Crippen molar-refractivity contribution in [2.24, 2.45) is 0 Å². The van der Waals surface area contributed by atoms with Crippen LogP contribution < -0.4 is 0 Å². The van der Waals surface area contributed by atoms with E-state index in [0.29, 0.717) is 16.8 Å². The number of benzene rings is 10. The van der Waals surface area contributed by atoms with Gasteiger partial charge in [-0.1, -0.05) is 206 Å². The van der Waals surface area contributed by atoms with Crippen LogP contribution in [0.15, 0.2) is 303 Å². The topological polar surface area (TPSA) is 109 Å². The Kier molecular flexibility index (Phi) is 13.1. The van der Waals surface area contributed by atoms with Gasteiger partial charge in [0.2, 0.25) is 0 Å². The molecular weight excluding hydrogens is 1100 g/mol. The van der Waals surface area contributed by atoms with Gasteiger partial charge in [-0.15, -0.1) is 0 Å². The summed E-state index contributed by atoms with van der Waals surface area (Å²) in [6.07, 6.45) is 0. The van der Waals surface area contributed by atoms with Gasteiger partial charge in [0, 0.05) is 71.6 Å². The summed E-state index contributed by atoms with van der Waals surface area (Å²) in [6, 6.07) is 109. The first kappa shape index (κ1) is 52.9. The number of nitriles is 2. The van der Waals surface area contributed by atoms with Gasteiger partial charge in [-0.05, 0) is 103 Å². The van der Waals surface area contributed by atoms with Gasteiger partial charge in [-0.3, -0.25) is 0 Å². The molecule has 0 aliphatic rings. The summed E-state index contributed by atoms with van der Waals surface area (Å²) in [7, 11) is 0.